The number of aromatic amines is 1. The molecule has 1 aromatic heterocycles. The molecule has 0 saturated heterocycles. The smallest absolute Gasteiger partial charge is 0.198 e. The first-order valence-electron chi connectivity index (χ1n) is 4.39. The van der Waals surface area contributed by atoms with Crippen LogP contribution in [-0.4, -0.2) is 15.8 Å². The third-order valence-electron chi connectivity index (χ3n) is 2.46. The summed E-state index contributed by atoms with van der Waals surface area (Å²) in [6.45, 7) is 0. The summed E-state index contributed by atoms with van der Waals surface area (Å²) in [6.07, 6.45) is 7.70. The Hall–Kier alpha value is -1.12. The second kappa shape index (κ2) is 3.09. The van der Waals surface area contributed by atoms with Gasteiger partial charge in [0.15, 0.2) is 11.6 Å². The van der Waals surface area contributed by atoms with Gasteiger partial charge in [0.2, 0.25) is 0 Å². The number of Topliss-reactive ketones (excluding diaryl/α,β-unsaturated/α-hetero) is 1. The van der Waals surface area contributed by atoms with Crippen LogP contribution in [-0.2, 0) is 0 Å². The van der Waals surface area contributed by atoms with Crippen molar-refractivity contribution in [3.05, 3.63) is 18.2 Å². The van der Waals surface area contributed by atoms with Gasteiger partial charge in [0, 0.05) is 18.8 Å². The number of carbonyl (C=O) groups is 1. The quantitative estimate of drug-likeness (QED) is 0.692. The van der Waals surface area contributed by atoms with Crippen LogP contribution in [0.1, 0.15) is 36.3 Å². The molecule has 0 radical (unpaired) electrons. The highest BCUT2D eigenvalue weighted by atomic mass is 16.1. The first kappa shape index (κ1) is 7.53. The molecule has 0 atom stereocenters. The summed E-state index contributed by atoms with van der Waals surface area (Å²) >= 11 is 0. The summed E-state index contributed by atoms with van der Waals surface area (Å²) in [5.74, 6) is 1.30. The summed E-state index contributed by atoms with van der Waals surface area (Å²) in [5.41, 5.74) is 0. The van der Waals surface area contributed by atoms with Crippen LogP contribution in [0, 0.1) is 5.92 Å². The van der Waals surface area contributed by atoms with Crippen molar-refractivity contribution in [3.63, 3.8) is 0 Å². The maximum Gasteiger partial charge on any atom is 0.198 e. The average molecular weight is 164 g/mol. The molecular weight excluding hydrogens is 152 g/mol. The van der Waals surface area contributed by atoms with Crippen molar-refractivity contribution in [2.24, 2.45) is 5.92 Å². The van der Waals surface area contributed by atoms with Crippen molar-refractivity contribution in [2.75, 3.05) is 0 Å². The van der Waals surface area contributed by atoms with E-state index in [4.69, 9.17) is 0 Å². The molecule has 0 aromatic carbocycles. The Bertz CT molecular complexity index is 262. The van der Waals surface area contributed by atoms with Crippen molar-refractivity contribution in [3.8, 4) is 0 Å². The van der Waals surface area contributed by atoms with Crippen molar-refractivity contribution >= 4 is 5.78 Å². The number of ketones is 1. The molecule has 0 amide bonds. The lowest BCUT2D eigenvalue weighted by molar-refractivity contribution is 0.0927. The van der Waals surface area contributed by atoms with Gasteiger partial charge in [0.25, 0.3) is 0 Å². The van der Waals surface area contributed by atoms with Crippen LogP contribution in [0.4, 0.5) is 0 Å². The minimum Gasteiger partial charge on any atom is -0.342 e. The topological polar surface area (TPSA) is 45.8 Å². The highest BCUT2D eigenvalue weighted by molar-refractivity contribution is 5.92. The van der Waals surface area contributed by atoms with Gasteiger partial charge in [-0.2, -0.15) is 0 Å². The number of hydrogen-bond acceptors (Lipinski definition) is 2. The highest BCUT2D eigenvalue weighted by Gasteiger charge is 2.21. The fourth-order valence-corrected chi connectivity index (χ4v) is 1.47. The normalized spacial score (nSPS) is 17.3. The van der Waals surface area contributed by atoms with E-state index in [0.29, 0.717) is 18.2 Å². The second-order valence-corrected chi connectivity index (χ2v) is 3.36. The van der Waals surface area contributed by atoms with Gasteiger partial charge < -0.3 is 4.98 Å². The highest BCUT2D eigenvalue weighted by Crippen LogP contribution is 2.29. The summed E-state index contributed by atoms with van der Waals surface area (Å²) in [6, 6.07) is 0. The van der Waals surface area contributed by atoms with Crippen molar-refractivity contribution in [2.45, 2.75) is 25.7 Å². The van der Waals surface area contributed by atoms with Gasteiger partial charge in [-0.25, -0.2) is 4.98 Å². The summed E-state index contributed by atoms with van der Waals surface area (Å²) in [7, 11) is 0. The number of H-pyrrole nitrogens is 1. The van der Waals surface area contributed by atoms with Gasteiger partial charge in [-0.05, 0) is 18.8 Å². The summed E-state index contributed by atoms with van der Waals surface area (Å²) < 4.78 is 0. The minimum absolute atomic E-state index is 0.157. The molecule has 0 aliphatic heterocycles. The van der Waals surface area contributed by atoms with Crippen LogP contribution in [0.2, 0.25) is 0 Å². The Labute approximate surface area is 71.2 Å². The molecule has 1 saturated carbocycles. The molecule has 1 fully saturated rings. The largest absolute Gasteiger partial charge is 0.342 e. The Kier molecular flexibility index (Phi) is 1.94. The van der Waals surface area contributed by atoms with E-state index in [0.717, 1.165) is 0 Å². The molecule has 0 unspecified atom stereocenters. The van der Waals surface area contributed by atoms with Crippen molar-refractivity contribution < 1.29 is 4.79 Å². The number of rotatable bonds is 3. The van der Waals surface area contributed by atoms with Gasteiger partial charge in [-0.15, -0.1) is 0 Å². The standard InChI is InChI=1S/C9H12N2O/c12-8(6-7-2-1-3-7)9-10-4-5-11-9/h4-5,7H,1-3,6H2,(H,10,11). The van der Waals surface area contributed by atoms with Crippen LogP contribution in [0.5, 0.6) is 0 Å². The molecule has 2 rings (SSSR count). The zero-order valence-electron chi connectivity index (χ0n) is 6.92. The van der Waals surface area contributed by atoms with Crippen LogP contribution >= 0.6 is 0 Å². The van der Waals surface area contributed by atoms with E-state index in [1.807, 2.05) is 0 Å². The lowest BCUT2D eigenvalue weighted by atomic mass is 9.82. The molecule has 3 heteroatoms. The molecule has 0 bridgehead atoms. The molecule has 64 valence electrons. The molecule has 1 aromatic rings. The summed E-state index contributed by atoms with van der Waals surface area (Å²) in [4.78, 5) is 18.2. The third-order valence-corrected chi connectivity index (χ3v) is 2.46. The Balaban J connectivity index is 1.92. The van der Waals surface area contributed by atoms with Crippen LogP contribution < -0.4 is 0 Å². The van der Waals surface area contributed by atoms with E-state index in [1.54, 1.807) is 12.4 Å². The minimum atomic E-state index is 0.157. The maximum absolute atomic E-state index is 11.4. The molecule has 12 heavy (non-hydrogen) atoms. The molecule has 0 spiro atoms. The number of nitrogens with zero attached hydrogens (tertiary/aromatic N) is 1. The number of imidazole rings is 1. The first-order chi connectivity index (χ1) is 5.86. The lowest BCUT2D eigenvalue weighted by Gasteiger charge is -2.23. The zero-order chi connectivity index (χ0) is 8.39. The fraction of sp³-hybridized carbons (Fsp3) is 0.556. The predicted molar refractivity (Wildman–Crippen MR) is 44.9 cm³/mol. The van der Waals surface area contributed by atoms with E-state index in [1.165, 1.54) is 19.3 Å². The van der Waals surface area contributed by atoms with E-state index >= 15 is 0 Å². The van der Waals surface area contributed by atoms with Crippen LogP contribution in [0.15, 0.2) is 12.4 Å². The number of nitrogens with one attached hydrogen (secondary N) is 1. The van der Waals surface area contributed by atoms with Crippen LogP contribution in [0.25, 0.3) is 0 Å². The van der Waals surface area contributed by atoms with Gasteiger partial charge in [0.05, 0.1) is 0 Å². The van der Waals surface area contributed by atoms with Crippen molar-refractivity contribution in [1.29, 1.82) is 0 Å². The molecule has 1 N–H and O–H groups in total. The van der Waals surface area contributed by atoms with E-state index in [2.05, 4.69) is 9.97 Å². The van der Waals surface area contributed by atoms with E-state index in [9.17, 15) is 4.79 Å². The Morgan fingerprint density at radius 3 is 3.00 bits per heavy atom. The molecular formula is C9H12N2O. The molecule has 1 aliphatic rings. The zero-order valence-corrected chi connectivity index (χ0v) is 6.92. The third kappa shape index (κ3) is 1.40. The fourth-order valence-electron chi connectivity index (χ4n) is 1.47. The lowest BCUT2D eigenvalue weighted by Crippen LogP contribution is -2.16. The van der Waals surface area contributed by atoms with Crippen LogP contribution in [0.3, 0.4) is 0 Å². The SMILES string of the molecule is O=C(CC1CCC1)c1ncc[nH]1. The number of hydrogen-bond donors (Lipinski definition) is 1. The van der Waals surface area contributed by atoms with Gasteiger partial charge >= 0.3 is 0 Å². The molecule has 1 aliphatic carbocycles. The number of aromatic nitrogens is 2. The number of carbonyl (C=O) groups excluding carboxylic acids is 1. The van der Waals surface area contributed by atoms with E-state index in [-0.39, 0.29) is 5.78 Å². The van der Waals surface area contributed by atoms with Gasteiger partial charge in [-0.1, -0.05) is 6.42 Å². The average Bonchev–Trinajstić information content (AvgIpc) is 2.47. The predicted octanol–water partition coefficient (Wildman–Crippen LogP) is 1.78. The maximum atomic E-state index is 11.4. The Morgan fingerprint density at radius 2 is 2.50 bits per heavy atom. The van der Waals surface area contributed by atoms with Gasteiger partial charge in [-0.3, -0.25) is 4.79 Å². The monoisotopic (exact) mass is 164 g/mol. The summed E-state index contributed by atoms with van der Waals surface area (Å²) in [5, 5.41) is 0. The Morgan fingerprint density at radius 1 is 1.67 bits per heavy atom. The second-order valence-electron chi connectivity index (χ2n) is 3.36. The van der Waals surface area contributed by atoms with Gasteiger partial charge in [0.1, 0.15) is 0 Å². The molecule has 1 heterocycles. The van der Waals surface area contributed by atoms with E-state index < -0.39 is 0 Å². The molecule has 3 nitrogen and oxygen atoms in total. The first-order valence-corrected chi connectivity index (χ1v) is 4.39. The van der Waals surface area contributed by atoms with Crippen molar-refractivity contribution in [1.82, 2.24) is 9.97 Å².